The summed E-state index contributed by atoms with van der Waals surface area (Å²) >= 11 is 1.49. The molecule has 6 nitrogen and oxygen atoms in total. The fourth-order valence-electron chi connectivity index (χ4n) is 2.70. The molecule has 136 valence electrons. The van der Waals surface area contributed by atoms with Crippen molar-refractivity contribution in [2.24, 2.45) is 0 Å². The number of carbonyl (C=O) groups excluding carboxylic acids is 1. The van der Waals surface area contributed by atoms with Crippen LogP contribution in [0.2, 0.25) is 0 Å². The molecule has 0 aliphatic rings. The molecule has 0 bridgehead atoms. The predicted molar refractivity (Wildman–Crippen MR) is 104 cm³/mol. The van der Waals surface area contributed by atoms with E-state index in [0.717, 1.165) is 16.2 Å². The zero-order chi connectivity index (χ0) is 18.8. The summed E-state index contributed by atoms with van der Waals surface area (Å²) in [6.07, 6.45) is 1.45. The van der Waals surface area contributed by atoms with Crippen molar-refractivity contribution in [2.45, 2.75) is 33.7 Å². The number of nitrogens with one attached hydrogen (secondary N) is 1. The third-order valence-corrected chi connectivity index (χ3v) is 5.46. The number of benzene rings is 1. The molecular weight excluding hydrogens is 350 g/mol. The lowest BCUT2D eigenvalue weighted by Gasteiger charge is -2.15. The van der Waals surface area contributed by atoms with Crippen LogP contribution in [0.5, 0.6) is 5.75 Å². The van der Waals surface area contributed by atoms with E-state index in [1.54, 1.807) is 31.2 Å². The minimum absolute atomic E-state index is 0.189. The molecule has 0 spiro atoms. The Balaban J connectivity index is 1.84. The lowest BCUT2D eigenvalue weighted by molar-refractivity contribution is -0.118. The number of rotatable bonds is 5. The number of aromatic nitrogens is 2. The fraction of sp³-hybridized carbons (Fsp3) is 0.316. The summed E-state index contributed by atoms with van der Waals surface area (Å²) in [6, 6.07) is 6.45. The van der Waals surface area contributed by atoms with E-state index in [4.69, 9.17) is 4.74 Å². The standard InChI is InChI=1S/C19H21N3O3S/c1-5-25-15-8-6-14(7-9-15)21-17(23)12(3)22-10-20-18-16(19(22)24)11(2)13(4)26-18/h6-10,12H,5H2,1-4H3,(H,21,23)/t12-/m0/s1. The van der Waals surface area contributed by atoms with Crippen molar-refractivity contribution in [3.63, 3.8) is 0 Å². The van der Waals surface area contributed by atoms with Crippen LogP contribution < -0.4 is 15.6 Å². The van der Waals surface area contributed by atoms with Gasteiger partial charge in [-0.05, 0) is 57.5 Å². The zero-order valence-electron chi connectivity index (χ0n) is 15.2. The summed E-state index contributed by atoms with van der Waals surface area (Å²) in [4.78, 5) is 31.5. The summed E-state index contributed by atoms with van der Waals surface area (Å²) in [5, 5.41) is 3.42. The molecule has 0 unspecified atom stereocenters. The monoisotopic (exact) mass is 371 g/mol. The van der Waals surface area contributed by atoms with Crippen molar-refractivity contribution < 1.29 is 9.53 Å². The van der Waals surface area contributed by atoms with Crippen LogP contribution in [0.15, 0.2) is 35.4 Å². The van der Waals surface area contributed by atoms with Crippen LogP contribution >= 0.6 is 11.3 Å². The second-order valence-corrected chi connectivity index (χ2v) is 7.25. The van der Waals surface area contributed by atoms with Gasteiger partial charge in [0.1, 0.15) is 16.6 Å². The number of nitrogens with zero attached hydrogens (tertiary/aromatic N) is 2. The zero-order valence-corrected chi connectivity index (χ0v) is 16.0. The van der Waals surface area contributed by atoms with Crippen LogP contribution in [0.25, 0.3) is 10.2 Å². The van der Waals surface area contributed by atoms with Gasteiger partial charge in [-0.1, -0.05) is 0 Å². The number of fused-ring (bicyclic) bond motifs is 1. The number of hydrogen-bond donors (Lipinski definition) is 1. The first-order valence-corrected chi connectivity index (χ1v) is 9.24. The van der Waals surface area contributed by atoms with Gasteiger partial charge in [-0.25, -0.2) is 4.98 Å². The smallest absolute Gasteiger partial charge is 0.263 e. The quantitative estimate of drug-likeness (QED) is 0.743. The maximum absolute atomic E-state index is 12.8. The maximum atomic E-state index is 12.8. The van der Waals surface area contributed by atoms with Gasteiger partial charge in [0.25, 0.3) is 5.56 Å². The normalized spacial score (nSPS) is 12.2. The summed E-state index contributed by atoms with van der Waals surface area (Å²) in [6.45, 7) is 8.06. The number of carbonyl (C=O) groups is 1. The van der Waals surface area contributed by atoms with Crippen LogP contribution in [0.3, 0.4) is 0 Å². The molecule has 0 radical (unpaired) electrons. The molecule has 0 aliphatic carbocycles. The van der Waals surface area contributed by atoms with Crippen LogP contribution in [-0.4, -0.2) is 22.1 Å². The first-order valence-electron chi connectivity index (χ1n) is 8.43. The van der Waals surface area contributed by atoms with Crippen molar-refractivity contribution in [3.8, 4) is 5.75 Å². The second kappa shape index (κ2) is 7.29. The van der Waals surface area contributed by atoms with E-state index in [1.165, 1.54) is 22.2 Å². The molecule has 3 aromatic rings. The minimum atomic E-state index is -0.675. The Hall–Kier alpha value is -2.67. The van der Waals surface area contributed by atoms with Gasteiger partial charge >= 0.3 is 0 Å². The average Bonchev–Trinajstić information content (AvgIpc) is 2.91. The molecule has 0 fully saturated rings. The number of thiophene rings is 1. The third kappa shape index (κ3) is 3.35. The van der Waals surface area contributed by atoms with Crippen molar-refractivity contribution in [3.05, 3.63) is 51.4 Å². The van der Waals surface area contributed by atoms with Gasteiger partial charge < -0.3 is 10.1 Å². The Morgan fingerprint density at radius 1 is 1.31 bits per heavy atom. The van der Waals surface area contributed by atoms with E-state index in [-0.39, 0.29) is 11.5 Å². The SMILES string of the molecule is CCOc1ccc(NC(=O)[C@H](C)n2cnc3sc(C)c(C)c3c2=O)cc1. The Kier molecular flexibility index (Phi) is 5.08. The number of ether oxygens (including phenoxy) is 1. The number of anilines is 1. The first-order chi connectivity index (χ1) is 12.4. The highest BCUT2D eigenvalue weighted by Gasteiger charge is 2.20. The van der Waals surface area contributed by atoms with Crippen molar-refractivity contribution in [1.29, 1.82) is 0 Å². The van der Waals surface area contributed by atoms with Gasteiger partial charge in [0.2, 0.25) is 5.91 Å². The summed E-state index contributed by atoms with van der Waals surface area (Å²) < 4.78 is 6.77. The molecule has 1 aromatic carbocycles. The van der Waals surface area contributed by atoms with Crippen LogP contribution in [0, 0.1) is 13.8 Å². The van der Waals surface area contributed by atoms with Crippen LogP contribution in [0.1, 0.15) is 30.3 Å². The largest absolute Gasteiger partial charge is 0.494 e. The van der Waals surface area contributed by atoms with Gasteiger partial charge in [0, 0.05) is 10.6 Å². The molecule has 0 aliphatic heterocycles. The topological polar surface area (TPSA) is 73.2 Å². The molecule has 1 amide bonds. The lowest BCUT2D eigenvalue weighted by atomic mass is 10.2. The fourth-order valence-corrected chi connectivity index (χ4v) is 3.69. The van der Waals surface area contributed by atoms with E-state index in [9.17, 15) is 9.59 Å². The van der Waals surface area contributed by atoms with Gasteiger partial charge in [-0.3, -0.25) is 14.2 Å². The molecule has 2 heterocycles. The molecule has 1 atom stereocenters. The average molecular weight is 371 g/mol. The molecular formula is C19H21N3O3S. The Morgan fingerprint density at radius 2 is 2.00 bits per heavy atom. The Bertz CT molecular complexity index is 1010. The highest BCUT2D eigenvalue weighted by atomic mass is 32.1. The van der Waals surface area contributed by atoms with Gasteiger partial charge in [0.05, 0.1) is 18.3 Å². The molecule has 2 aromatic heterocycles. The third-order valence-electron chi connectivity index (χ3n) is 4.34. The van der Waals surface area contributed by atoms with Crippen molar-refractivity contribution >= 4 is 33.1 Å². The number of hydrogen-bond acceptors (Lipinski definition) is 5. The molecule has 26 heavy (non-hydrogen) atoms. The van der Waals surface area contributed by atoms with Crippen LogP contribution in [-0.2, 0) is 4.79 Å². The minimum Gasteiger partial charge on any atom is -0.494 e. The van der Waals surface area contributed by atoms with Gasteiger partial charge in [-0.15, -0.1) is 11.3 Å². The molecule has 0 saturated heterocycles. The summed E-state index contributed by atoms with van der Waals surface area (Å²) in [5.74, 6) is 0.467. The molecule has 7 heteroatoms. The highest BCUT2D eigenvalue weighted by molar-refractivity contribution is 7.18. The number of amides is 1. The van der Waals surface area contributed by atoms with E-state index in [2.05, 4.69) is 10.3 Å². The Morgan fingerprint density at radius 3 is 2.65 bits per heavy atom. The van der Waals surface area contributed by atoms with E-state index in [0.29, 0.717) is 22.5 Å². The van der Waals surface area contributed by atoms with E-state index in [1.807, 2.05) is 20.8 Å². The Labute approximate surface area is 155 Å². The molecule has 1 N–H and O–H groups in total. The lowest BCUT2D eigenvalue weighted by Crippen LogP contribution is -2.31. The summed E-state index contributed by atoms with van der Waals surface area (Å²) in [5.41, 5.74) is 1.39. The van der Waals surface area contributed by atoms with E-state index >= 15 is 0 Å². The number of aryl methyl sites for hydroxylation is 2. The van der Waals surface area contributed by atoms with Crippen molar-refractivity contribution in [1.82, 2.24) is 9.55 Å². The maximum Gasteiger partial charge on any atom is 0.263 e. The van der Waals surface area contributed by atoms with Gasteiger partial charge in [0.15, 0.2) is 0 Å². The van der Waals surface area contributed by atoms with Crippen LogP contribution in [0.4, 0.5) is 5.69 Å². The van der Waals surface area contributed by atoms with Gasteiger partial charge in [-0.2, -0.15) is 0 Å². The van der Waals surface area contributed by atoms with Crippen molar-refractivity contribution in [2.75, 3.05) is 11.9 Å². The first kappa shape index (κ1) is 18.1. The predicted octanol–water partition coefficient (Wildman–Crippen LogP) is 3.67. The second-order valence-electron chi connectivity index (χ2n) is 6.04. The summed E-state index contributed by atoms with van der Waals surface area (Å²) in [7, 11) is 0. The van der Waals surface area contributed by atoms with E-state index < -0.39 is 6.04 Å². The highest BCUT2D eigenvalue weighted by Crippen LogP contribution is 2.26. The molecule has 3 rings (SSSR count). The molecule has 0 saturated carbocycles.